The van der Waals surface area contributed by atoms with Gasteiger partial charge in [-0.2, -0.15) is 0 Å². The highest BCUT2D eigenvalue weighted by atomic mass is 35.5. The van der Waals surface area contributed by atoms with Gasteiger partial charge in [0.05, 0.1) is 0 Å². The zero-order valence-electron chi connectivity index (χ0n) is 12.2. The quantitative estimate of drug-likeness (QED) is 0.811. The lowest BCUT2D eigenvalue weighted by Gasteiger charge is -2.23. The van der Waals surface area contributed by atoms with Gasteiger partial charge in [0.25, 0.3) is 0 Å². The highest BCUT2D eigenvalue weighted by Gasteiger charge is 2.17. The monoisotopic (exact) mass is 296 g/mol. The molecule has 1 atom stereocenters. The smallest absolute Gasteiger partial charge is 0.0471 e. The first-order valence-corrected chi connectivity index (χ1v) is 7.96. The number of aliphatic hydroxyl groups excluding tert-OH is 1. The number of halogens is 1. The molecule has 1 aromatic carbocycles. The Hall–Kier alpha value is -0.770. The lowest BCUT2D eigenvalue weighted by molar-refractivity contribution is 0.276. The van der Waals surface area contributed by atoms with Crippen LogP contribution in [0.15, 0.2) is 18.2 Å². The van der Waals surface area contributed by atoms with Gasteiger partial charge in [-0.05, 0) is 44.7 Å². The van der Waals surface area contributed by atoms with Gasteiger partial charge in [-0.1, -0.05) is 17.7 Å². The Bertz CT molecular complexity index is 419. The zero-order valence-corrected chi connectivity index (χ0v) is 13.0. The van der Waals surface area contributed by atoms with Gasteiger partial charge in [-0.3, -0.25) is 0 Å². The SMILES string of the molecule is CC(CCCO)NCc1c(Cl)cccc1N1CCCC1. The molecule has 0 saturated carbocycles. The maximum atomic E-state index is 8.88. The molecule has 1 fully saturated rings. The molecule has 20 heavy (non-hydrogen) atoms. The maximum absolute atomic E-state index is 8.88. The third-order valence-corrected chi connectivity index (χ3v) is 4.32. The van der Waals surface area contributed by atoms with Crippen LogP contribution in [0.2, 0.25) is 5.02 Å². The summed E-state index contributed by atoms with van der Waals surface area (Å²) in [7, 11) is 0. The average Bonchev–Trinajstić information content (AvgIpc) is 2.97. The predicted octanol–water partition coefficient (Wildman–Crippen LogP) is 3.19. The Kier molecular flexibility index (Phi) is 6.14. The Labute approximate surface area is 126 Å². The van der Waals surface area contributed by atoms with Crippen molar-refractivity contribution >= 4 is 17.3 Å². The van der Waals surface area contributed by atoms with Gasteiger partial charge in [-0.15, -0.1) is 0 Å². The standard InChI is InChI=1S/C16H25ClN2O/c1-13(6-5-11-20)18-12-14-15(17)7-4-8-16(14)19-9-2-3-10-19/h4,7-8,13,18,20H,2-3,5-6,9-12H2,1H3. The fourth-order valence-electron chi connectivity index (χ4n) is 2.75. The Morgan fingerprint density at radius 2 is 2.10 bits per heavy atom. The van der Waals surface area contributed by atoms with Gasteiger partial charge >= 0.3 is 0 Å². The van der Waals surface area contributed by atoms with Crippen LogP contribution in [0.3, 0.4) is 0 Å². The molecule has 4 heteroatoms. The minimum absolute atomic E-state index is 0.261. The summed E-state index contributed by atoms with van der Waals surface area (Å²) in [4.78, 5) is 2.43. The number of rotatable bonds is 7. The largest absolute Gasteiger partial charge is 0.396 e. The molecule has 1 aliphatic rings. The molecule has 0 radical (unpaired) electrons. The van der Waals surface area contributed by atoms with E-state index in [1.807, 2.05) is 12.1 Å². The summed E-state index contributed by atoms with van der Waals surface area (Å²) in [6.07, 6.45) is 4.37. The normalized spacial score (nSPS) is 16.6. The van der Waals surface area contributed by atoms with Crippen molar-refractivity contribution in [3.05, 3.63) is 28.8 Å². The van der Waals surface area contributed by atoms with E-state index in [0.717, 1.165) is 37.5 Å². The van der Waals surface area contributed by atoms with Crippen molar-refractivity contribution in [3.8, 4) is 0 Å². The number of nitrogens with one attached hydrogen (secondary N) is 1. The Morgan fingerprint density at radius 1 is 1.35 bits per heavy atom. The van der Waals surface area contributed by atoms with E-state index in [1.54, 1.807) is 0 Å². The van der Waals surface area contributed by atoms with Crippen LogP contribution in [0.1, 0.15) is 38.2 Å². The molecular weight excluding hydrogens is 272 g/mol. The van der Waals surface area contributed by atoms with Crippen molar-refractivity contribution in [2.75, 3.05) is 24.6 Å². The van der Waals surface area contributed by atoms with Crippen molar-refractivity contribution in [1.29, 1.82) is 0 Å². The van der Waals surface area contributed by atoms with E-state index in [2.05, 4.69) is 23.2 Å². The fourth-order valence-corrected chi connectivity index (χ4v) is 2.99. The van der Waals surface area contributed by atoms with E-state index in [0.29, 0.717) is 6.04 Å². The molecule has 0 aliphatic carbocycles. The number of nitrogens with zero attached hydrogens (tertiary/aromatic N) is 1. The van der Waals surface area contributed by atoms with Crippen molar-refractivity contribution in [2.24, 2.45) is 0 Å². The number of hydrogen-bond acceptors (Lipinski definition) is 3. The summed E-state index contributed by atoms with van der Waals surface area (Å²) in [6, 6.07) is 6.57. The van der Waals surface area contributed by atoms with Crippen molar-refractivity contribution in [3.63, 3.8) is 0 Å². The number of benzene rings is 1. The van der Waals surface area contributed by atoms with Gasteiger partial charge in [0, 0.05) is 48.6 Å². The molecule has 0 aromatic heterocycles. The van der Waals surface area contributed by atoms with Crippen LogP contribution in [-0.2, 0) is 6.54 Å². The highest BCUT2D eigenvalue weighted by molar-refractivity contribution is 6.31. The number of aliphatic hydroxyl groups is 1. The molecule has 1 saturated heterocycles. The molecule has 3 nitrogen and oxygen atoms in total. The Morgan fingerprint density at radius 3 is 2.80 bits per heavy atom. The third kappa shape index (κ3) is 4.11. The van der Waals surface area contributed by atoms with E-state index in [1.165, 1.54) is 24.1 Å². The van der Waals surface area contributed by atoms with Crippen LogP contribution in [0.5, 0.6) is 0 Å². The van der Waals surface area contributed by atoms with Crippen LogP contribution in [0.25, 0.3) is 0 Å². The predicted molar refractivity (Wildman–Crippen MR) is 85.5 cm³/mol. The van der Waals surface area contributed by atoms with E-state index in [-0.39, 0.29) is 6.61 Å². The van der Waals surface area contributed by atoms with Crippen molar-refractivity contribution < 1.29 is 5.11 Å². The van der Waals surface area contributed by atoms with Gasteiger partial charge in [0.1, 0.15) is 0 Å². The molecule has 1 aliphatic heterocycles. The van der Waals surface area contributed by atoms with Gasteiger partial charge in [-0.25, -0.2) is 0 Å². The van der Waals surface area contributed by atoms with E-state index in [9.17, 15) is 0 Å². The van der Waals surface area contributed by atoms with Gasteiger partial charge in [0.15, 0.2) is 0 Å². The molecule has 0 amide bonds. The van der Waals surface area contributed by atoms with Crippen LogP contribution in [0, 0.1) is 0 Å². The average molecular weight is 297 g/mol. The lowest BCUT2D eigenvalue weighted by Crippen LogP contribution is -2.27. The number of anilines is 1. The first-order valence-electron chi connectivity index (χ1n) is 7.59. The number of hydrogen-bond donors (Lipinski definition) is 2. The lowest BCUT2D eigenvalue weighted by atomic mass is 10.1. The molecule has 2 rings (SSSR count). The summed E-state index contributed by atoms with van der Waals surface area (Å²) in [5.74, 6) is 0. The molecule has 0 spiro atoms. The van der Waals surface area contributed by atoms with Crippen molar-refractivity contribution in [2.45, 2.75) is 45.2 Å². The second-order valence-corrected chi connectivity index (χ2v) is 5.99. The second-order valence-electron chi connectivity index (χ2n) is 5.58. The topological polar surface area (TPSA) is 35.5 Å². The molecule has 0 bridgehead atoms. The summed E-state index contributed by atoms with van der Waals surface area (Å²) >= 11 is 6.39. The minimum atomic E-state index is 0.261. The van der Waals surface area contributed by atoms with E-state index >= 15 is 0 Å². The van der Waals surface area contributed by atoms with Crippen LogP contribution in [-0.4, -0.2) is 30.8 Å². The summed E-state index contributed by atoms with van der Waals surface area (Å²) in [6.45, 7) is 5.47. The van der Waals surface area contributed by atoms with Gasteiger partial charge < -0.3 is 15.3 Å². The van der Waals surface area contributed by atoms with Crippen LogP contribution in [0.4, 0.5) is 5.69 Å². The molecule has 1 unspecified atom stereocenters. The fraction of sp³-hybridized carbons (Fsp3) is 0.625. The molecule has 1 aromatic rings. The minimum Gasteiger partial charge on any atom is -0.396 e. The molecular formula is C16H25ClN2O. The summed E-state index contributed by atoms with van der Waals surface area (Å²) < 4.78 is 0. The third-order valence-electron chi connectivity index (χ3n) is 3.96. The molecule has 2 N–H and O–H groups in total. The van der Waals surface area contributed by atoms with Gasteiger partial charge in [0.2, 0.25) is 0 Å². The first-order chi connectivity index (χ1) is 9.72. The van der Waals surface area contributed by atoms with E-state index < -0.39 is 0 Å². The van der Waals surface area contributed by atoms with E-state index in [4.69, 9.17) is 16.7 Å². The molecule has 1 heterocycles. The Balaban J connectivity index is 2.02. The zero-order chi connectivity index (χ0) is 14.4. The molecule has 112 valence electrons. The first kappa shape index (κ1) is 15.6. The second kappa shape index (κ2) is 7.87. The van der Waals surface area contributed by atoms with Crippen LogP contribution >= 0.6 is 11.6 Å². The van der Waals surface area contributed by atoms with Crippen molar-refractivity contribution in [1.82, 2.24) is 5.32 Å². The highest BCUT2D eigenvalue weighted by Crippen LogP contribution is 2.30. The summed E-state index contributed by atoms with van der Waals surface area (Å²) in [5, 5.41) is 13.2. The summed E-state index contributed by atoms with van der Waals surface area (Å²) in [5.41, 5.74) is 2.48. The van der Waals surface area contributed by atoms with Crippen LogP contribution < -0.4 is 10.2 Å². The maximum Gasteiger partial charge on any atom is 0.0471 e.